The van der Waals surface area contributed by atoms with Crippen LogP contribution in [-0.4, -0.2) is 55.3 Å². The topological polar surface area (TPSA) is 72.9 Å². The third-order valence-corrected chi connectivity index (χ3v) is 4.93. The molecule has 2 fully saturated rings. The average Bonchev–Trinajstić information content (AvgIpc) is 2.67. The van der Waals surface area contributed by atoms with E-state index < -0.39 is 0 Å². The molecule has 1 aliphatic heterocycles. The number of ether oxygens (including phenoxy) is 2. The van der Waals surface area contributed by atoms with Gasteiger partial charge in [0.05, 0.1) is 19.3 Å². The minimum absolute atomic E-state index is 0.0855. The summed E-state index contributed by atoms with van der Waals surface area (Å²) in [6.07, 6.45) is 4.15. The van der Waals surface area contributed by atoms with Crippen LogP contribution in [0.4, 0.5) is 0 Å². The van der Waals surface area contributed by atoms with E-state index in [1.807, 2.05) is 0 Å². The van der Waals surface area contributed by atoms with Gasteiger partial charge in [-0.05, 0) is 37.1 Å². The molecule has 25 heavy (non-hydrogen) atoms. The third kappa shape index (κ3) is 4.25. The number of amides is 1. The number of benzene rings is 1. The van der Waals surface area contributed by atoms with Crippen LogP contribution in [-0.2, 0) is 14.3 Å². The van der Waals surface area contributed by atoms with E-state index in [2.05, 4.69) is 0 Å². The second kappa shape index (κ2) is 8.25. The van der Waals surface area contributed by atoms with Crippen LogP contribution in [0.3, 0.4) is 0 Å². The fourth-order valence-electron chi connectivity index (χ4n) is 3.55. The Kier molecular flexibility index (Phi) is 5.81. The lowest BCUT2D eigenvalue weighted by Crippen LogP contribution is -2.55. The van der Waals surface area contributed by atoms with Crippen LogP contribution in [0.5, 0.6) is 5.75 Å². The number of Topliss-reactive ketones (excluding diaryl/α,β-unsaturated/α-hetero) is 1. The lowest BCUT2D eigenvalue weighted by atomic mass is 9.82. The first-order valence-corrected chi connectivity index (χ1v) is 8.77. The quantitative estimate of drug-likeness (QED) is 0.762. The van der Waals surface area contributed by atoms with Gasteiger partial charge in [-0.2, -0.15) is 0 Å². The zero-order valence-corrected chi connectivity index (χ0v) is 14.2. The van der Waals surface area contributed by atoms with Gasteiger partial charge in [-0.3, -0.25) is 14.4 Å². The highest BCUT2D eigenvalue weighted by Gasteiger charge is 2.38. The smallest absolute Gasteiger partial charge is 0.260 e. The van der Waals surface area contributed by atoms with Gasteiger partial charge in [0.1, 0.15) is 17.8 Å². The number of hydrogen-bond acceptors (Lipinski definition) is 5. The maximum Gasteiger partial charge on any atom is 0.260 e. The van der Waals surface area contributed by atoms with Crippen molar-refractivity contribution in [3.8, 4) is 5.75 Å². The van der Waals surface area contributed by atoms with Crippen molar-refractivity contribution in [1.82, 2.24) is 4.90 Å². The molecule has 1 amide bonds. The average molecular weight is 345 g/mol. The van der Waals surface area contributed by atoms with Gasteiger partial charge in [0.2, 0.25) is 0 Å². The fourth-order valence-corrected chi connectivity index (χ4v) is 3.55. The van der Waals surface area contributed by atoms with Crippen LogP contribution < -0.4 is 4.74 Å². The zero-order valence-electron chi connectivity index (χ0n) is 14.2. The number of carbonyl (C=O) groups excluding carboxylic acids is 3. The lowest BCUT2D eigenvalue weighted by Gasteiger charge is -2.40. The molecule has 1 heterocycles. The van der Waals surface area contributed by atoms with Crippen LogP contribution in [0, 0.1) is 5.92 Å². The van der Waals surface area contributed by atoms with E-state index in [1.54, 1.807) is 29.2 Å². The van der Waals surface area contributed by atoms with Crippen LogP contribution in [0.25, 0.3) is 0 Å². The van der Waals surface area contributed by atoms with Gasteiger partial charge in [-0.15, -0.1) is 0 Å². The Morgan fingerprint density at radius 3 is 2.80 bits per heavy atom. The van der Waals surface area contributed by atoms with Gasteiger partial charge >= 0.3 is 0 Å². The molecule has 0 radical (unpaired) electrons. The van der Waals surface area contributed by atoms with E-state index in [4.69, 9.17) is 9.47 Å². The number of hydrogen-bond donors (Lipinski definition) is 0. The molecule has 6 nitrogen and oxygen atoms in total. The summed E-state index contributed by atoms with van der Waals surface area (Å²) < 4.78 is 11.1. The van der Waals surface area contributed by atoms with E-state index >= 15 is 0 Å². The number of carbonyl (C=O) groups is 3. The molecule has 1 aliphatic carbocycles. The molecule has 0 aromatic heterocycles. The predicted molar refractivity (Wildman–Crippen MR) is 90.6 cm³/mol. The minimum Gasteiger partial charge on any atom is -0.484 e. The third-order valence-electron chi connectivity index (χ3n) is 4.93. The molecule has 6 heteroatoms. The Hall–Kier alpha value is -2.21. The van der Waals surface area contributed by atoms with Crippen molar-refractivity contribution >= 4 is 18.0 Å². The van der Waals surface area contributed by atoms with Crippen molar-refractivity contribution in [3.05, 3.63) is 29.8 Å². The Morgan fingerprint density at radius 2 is 2.08 bits per heavy atom. The highest BCUT2D eigenvalue weighted by molar-refractivity contribution is 5.84. The standard InChI is InChI=1S/C19H23NO5/c21-11-14-5-7-15(8-6-14)25-13-19(23)20-9-10-24-12-17(20)16-3-1-2-4-18(16)22/h5-8,11,16-17H,1-4,9-10,12-13H2. The molecule has 2 atom stereocenters. The normalized spacial score (nSPS) is 24.0. The Labute approximate surface area is 147 Å². The van der Waals surface area contributed by atoms with Gasteiger partial charge in [-0.25, -0.2) is 0 Å². The summed E-state index contributed by atoms with van der Waals surface area (Å²) >= 11 is 0. The molecule has 1 saturated heterocycles. The van der Waals surface area contributed by atoms with Crippen molar-refractivity contribution in [3.63, 3.8) is 0 Å². The summed E-state index contributed by atoms with van der Waals surface area (Å²) in [5.74, 6) is 0.526. The molecule has 0 N–H and O–H groups in total. The number of nitrogens with zero attached hydrogens (tertiary/aromatic N) is 1. The zero-order chi connectivity index (χ0) is 17.6. The first-order valence-electron chi connectivity index (χ1n) is 8.77. The molecular weight excluding hydrogens is 322 g/mol. The van der Waals surface area contributed by atoms with E-state index in [0.29, 0.717) is 37.5 Å². The molecule has 2 aliphatic rings. The first-order chi connectivity index (χ1) is 12.2. The van der Waals surface area contributed by atoms with Gasteiger partial charge in [0.15, 0.2) is 6.61 Å². The molecule has 0 bridgehead atoms. The monoisotopic (exact) mass is 345 g/mol. The Bertz CT molecular complexity index is 627. The summed E-state index contributed by atoms with van der Waals surface area (Å²) in [5, 5.41) is 0. The summed E-state index contributed by atoms with van der Waals surface area (Å²) in [6, 6.07) is 6.43. The highest BCUT2D eigenvalue weighted by Crippen LogP contribution is 2.28. The van der Waals surface area contributed by atoms with Crippen LogP contribution in [0.2, 0.25) is 0 Å². The van der Waals surface area contributed by atoms with Crippen molar-refractivity contribution in [2.75, 3.05) is 26.4 Å². The van der Waals surface area contributed by atoms with Crippen LogP contribution in [0.1, 0.15) is 36.0 Å². The van der Waals surface area contributed by atoms with Crippen molar-refractivity contribution in [2.24, 2.45) is 5.92 Å². The molecule has 1 aromatic carbocycles. The Balaban J connectivity index is 1.61. The summed E-state index contributed by atoms with van der Waals surface area (Å²) in [7, 11) is 0. The maximum atomic E-state index is 12.6. The molecular formula is C19H23NO5. The number of morpholine rings is 1. The van der Waals surface area contributed by atoms with E-state index in [1.165, 1.54) is 0 Å². The first kappa shape index (κ1) is 17.6. The molecule has 1 saturated carbocycles. The maximum absolute atomic E-state index is 12.6. The van der Waals surface area contributed by atoms with Crippen LogP contribution >= 0.6 is 0 Å². The van der Waals surface area contributed by atoms with Crippen molar-refractivity contribution in [2.45, 2.75) is 31.7 Å². The molecule has 134 valence electrons. The molecule has 3 rings (SSSR count). The van der Waals surface area contributed by atoms with E-state index in [9.17, 15) is 14.4 Å². The van der Waals surface area contributed by atoms with Crippen LogP contribution in [0.15, 0.2) is 24.3 Å². The lowest BCUT2D eigenvalue weighted by molar-refractivity contribution is -0.148. The summed E-state index contributed by atoms with van der Waals surface area (Å²) in [6.45, 7) is 1.30. The van der Waals surface area contributed by atoms with E-state index in [0.717, 1.165) is 25.5 Å². The second-order valence-electron chi connectivity index (χ2n) is 6.52. The SMILES string of the molecule is O=Cc1ccc(OCC(=O)N2CCOCC2C2CCCCC2=O)cc1. The van der Waals surface area contributed by atoms with E-state index in [-0.39, 0.29) is 30.3 Å². The number of rotatable bonds is 5. The van der Waals surface area contributed by atoms with Gasteiger partial charge in [0, 0.05) is 24.4 Å². The highest BCUT2D eigenvalue weighted by atomic mass is 16.5. The molecule has 2 unspecified atom stereocenters. The minimum atomic E-state index is -0.185. The second-order valence-corrected chi connectivity index (χ2v) is 6.52. The number of aldehydes is 1. The summed E-state index contributed by atoms with van der Waals surface area (Å²) in [5.41, 5.74) is 0.558. The van der Waals surface area contributed by atoms with Crippen molar-refractivity contribution in [1.29, 1.82) is 0 Å². The predicted octanol–water partition coefficient (Wildman–Crippen LogP) is 1.86. The van der Waals surface area contributed by atoms with Crippen molar-refractivity contribution < 1.29 is 23.9 Å². The summed E-state index contributed by atoms with van der Waals surface area (Å²) in [4.78, 5) is 37.3. The Morgan fingerprint density at radius 1 is 1.28 bits per heavy atom. The fraction of sp³-hybridized carbons (Fsp3) is 0.526. The number of ketones is 1. The van der Waals surface area contributed by atoms with Gasteiger partial charge in [-0.1, -0.05) is 6.42 Å². The molecule has 0 spiro atoms. The van der Waals surface area contributed by atoms with Gasteiger partial charge < -0.3 is 14.4 Å². The molecule has 1 aromatic rings. The van der Waals surface area contributed by atoms with Gasteiger partial charge in [0.25, 0.3) is 5.91 Å². The largest absolute Gasteiger partial charge is 0.484 e.